The summed E-state index contributed by atoms with van der Waals surface area (Å²) in [6.07, 6.45) is 3.49. The molecule has 0 N–H and O–H groups in total. The molecular formula is C18H18N2O3S2. The molecule has 0 atom stereocenters. The summed E-state index contributed by atoms with van der Waals surface area (Å²) in [4.78, 5) is 10.0. The Morgan fingerprint density at radius 1 is 1.20 bits per heavy atom. The van der Waals surface area contributed by atoms with Crippen molar-refractivity contribution < 1.29 is 12.6 Å². The van der Waals surface area contributed by atoms with Crippen molar-refractivity contribution in [2.45, 2.75) is 25.7 Å². The number of rotatable bonds is 5. The van der Waals surface area contributed by atoms with Gasteiger partial charge in [0, 0.05) is 28.4 Å². The molecule has 130 valence electrons. The van der Waals surface area contributed by atoms with Gasteiger partial charge >= 0.3 is 0 Å². The molecule has 0 saturated carbocycles. The number of pyridine rings is 1. The van der Waals surface area contributed by atoms with Gasteiger partial charge in [-0.3, -0.25) is 9.17 Å². The van der Waals surface area contributed by atoms with Crippen LogP contribution in [0.25, 0.3) is 21.8 Å². The Balaban J connectivity index is 2.10. The summed E-state index contributed by atoms with van der Waals surface area (Å²) in [7, 11) is -3.75. The van der Waals surface area contributed by atoms with Gasteiger partial charge in [0.15, 0.2) is 0 Å². The molecule has 1 aromatic carbocycles. The second-order valence-corrected chi connectivity index (χ2v) is 8.32. The van der Waals surface area contributed by atoms with Crippen LogP contribution < -0.4 is 0 Å². The van der Waals surface area contributed by atoms with Gasteiger partial charge in [0.1, 0.15) is 5.01 Å². The summed E-state index contributed by atoms with van der Waals surface area (Å²) >= 11 is 1.56. The molecule has 0 bridgehead atoms. The van der Waals surface area contributed by atoms with E-state index in [4.69, 9.17) is 9.17 Å². The molecule has 7 heteroatoms. The summed E-state index contributed by atoms with van der Waals surface area (Å²) < 4.78 is 29.3. The lowest BCUT2D eigenvalue weighted by Gasteiger charge is -2.08. The van der Waals surface area contributed by atoms with E-state index in [0.29, 0.717) is 0 Å². The van der Waals surface area contributed by atoms with Gasteiger partial charge in [-0.1, -0.05) is 6.07 Å². The van der Waals surface area contributed by atoms with Gasteiger partial charge < -0.3 is 0 Å². The first-order chi connectivity index (χ1) is 11.9. The van der Waals surface area contributed by atoms with E-state index in [1.54, 1.807) is 48.9 Å². The zero-order chi connectivity index (χ0) is 18.0. The van der Waals surface area contributed by atoms with Gasteiger partial charge in [0.05, 0.1) is 17.2 Å². The fourth-order valence-corrected chi connectivity index (χ4v) is 4.36. The van der Waals surface area contributed by atoms with Crippen LogP contribution in [0, 0.1) is 13.8 Å². The molecule has 0 aliphatic rings. The maximum atomic E-state index is 12.2. The van der Waals surface area contributed by atoms with Crippen LogP contribution in [0.3, 0.4) is 0 Å². The van der Waals surface area contributed by atoms with Crippen molar-refractivity contribution in [1.29, 1.82) is 0 Å². The molecule has 2 heterocycles. The largest absolute Gasteiger partial charge is 0.296 e. The van der Waals surface area contributed by atoms with Crippen molar-refractivity contribution in [2.24, 2.45) is 0 Å². The lowest BCUT2D eigenvalue weighted by Crippen LogP contribution is -2.06. The molecule has 0 unspecified atom stereocenters. The van der Waals surface area contributed by atoms with Crippen LogP contribution in [-0.2, 0) is 14.3 Å². The average molecular weight is 374 g/mol. The van der Waals surface area contributed by atoms with Crippen molar-refractivity contribution in [1.82, 2.24) is 9.97 Å². The maximum absolute atomic E-state index is 12.2. The Kier molecular flexibility index (Phi) is 4.99. The van der Waals surface area contributed by atoms with E-state index < -0.39 is 10.1 Å². The third-order valence-electron chi connectivity index (χ3n) is 3.73. The van der Waals surface area contributed by atoms with Crippen LogP contribution in [0.15, 0.2) is 47.6 Å². The molecule has 0 spiro atoms. The maximum Gasteiger partial charge on any atom is 0.296 e. The number of aromatic nitrogens is 2. The van der Waals surface area contributed by atoms with Crippen LogP contribution in [0.2, 0.25) is 0 Å². The molecule has 5 nitrogen and oxygen atoms in total. The first-order valence-electron chi connectivity index (χ1n) is 7.80. The second kappa shape index (κ2) is 7.03. The van der Waals surface area contributed by atoms with Gasteiger partial charge in [0.25, 0.3) is 10.1 Å². The monoisotopic (exact) mass is 374 g/mol. The molecule has 0 aliphatic carbocycles. The van der Waals surface area contributed by atoms with Crippen LogP contribution in [0.4, 0.5) is 0 Å². The zero-order valence-corrected chi connectivity index (χ0v) is 15.8. The highest BCUT2D eigenvalue weighted by Crippen LogP contribution is 2.35. The summed E-state index contributed by atoms with van der Waals surface area (Å²) in [6.45, 7) is 5.68. The molecule has 0 amide bonds. The van der Waals surface area contributed by atoms with E-state index in [1.807, 2.05) is 26.0 Å². The predicted molar refractivity (Wildman–Crippen MR) is 99.1 cm³/mol. The molecule has 25 heavy (non-hydrogen) atoms. The molecule has 2 aromatic heterocycles. The van der Waals surface area contributed by atoms with Gasteiger partial charge in [-0.05, 0) is 50.6 Å². The minimum Gasteiger partial charge on any atom is -0.267 e. The summed E-state index contributed by atoms with van der Waals surface area (Å²) in [6, 6.07) is 8.80. The Labute approximate surface area is 151 Å². The lowest BCUT2D eigenvalue weighted by molar-refractivity contribution is 0.338. The first-order valence-corrected chi connectivity index (χ1v) is 10.0. The molecule has 0 fully saturated rings. The quantitative estimate of drug-likeness (QED) is 0.626. The van der Waals surface area contributed by atoms with E-state index in [9.17, 15) is 8.42 Å². The minimum absolute atomic E-state index is 0.104. The predicted octanol–water partition coefficient (Wildman–Crippen LogP) is 4.21. The van der Waals surface area contributed by atoms with E-state index >= 15 is 0 Å². The van der Waals surface area contributed by atoms with Crippen LogP contribution in [0.5, 0.6) is 0 Å². The van der Waals surface area contributed by atoms with E-state index in [1.165, 1.54) is 0 Å². The Hall–Kier alpha value is -2.09. The number of nitrogens with zero attached hydrogens (tertiary/aromatic N) is 2. The fraction of sp³-hybridized carbons (Fsp3) is 0.222. The highest BCUT2D eigenvalue weighted by molar-refractivity contribution is 7.86. The molecule has 3 aromatic rings. The van der Waals surface area contributed by atoms with Gasteiger partial charge in [-0.2, -0.15) is 8.42 Å². The zero-order valence-electron chi connectivity index (χ0n) is 14.2. The van der Waals surface area contributed by atoms with Crippen molar-refractivity contribution in [2.75, 3.05) is 6.61 Å². The summed E-state index contributed by atoms with van der Waals surface area (Å²) in [5, 5.41) is 0.859. The van der Waals surface area contributed by atoms with Gasteiger partial charge in [-0.15, -0.1) is 11.3 Å². The van der Waals surface area contributed by atoms with Gasteiger partial charge in [-0.25, -0.2) is 4.98 Å². The highest BCUT2D eigenvalue weighted by atomic mass is 32.2. The Morgan fingerprint density at radius 2 is 2.00 bits per heavy atom. The molecular weight excluding hydrogens is 356 g/mol. The van der Waals surface area contributed by atoms with E-state index in [0.717, 1.165) is 32.3 Å². The number of benzene rings is 1. The molecule has 0 aliphatic heterocycles. The van der Waals surface area contributed by atoms with E-state index in [2.05, 4.69) is 4.98 Å². The smallest absolute Gasteiger partial charge is 0.267 e. The lowest BCUT2D eigenvalue weighted by atomic mass is 10.1. The van der Waals surface area contributed by atoms with Crippen molar-refractivity contribution in [3.63, 3.8) is 0 Å². The second-order valence-electron chi connectivity index (χ2n) is 5.50. The normalized spacial score (nSPS) is 11.6. The van der Waals surface area contributed by atoms with Crippen LogP contribution in [-0.4, -0.2) is 25.0 Å². The SMILES string of the molecule is CCOS(=O)(=O)c1ccc(C)c(-c2nc(-c3cccnc3)sc2C)c1. The number of hydrogen-bond donors (Lipinski definition) is 0. The van der Waals surface area contributed by atoms with Gasteiger partial charge in [0.2, 0.25) is 0 Å². The molecule has 3 rings (SSSR count). The number of aryl methyl sites for hydroxylation is 2. The average Bonchev–Trinajstić information content (AvgIpc) is 2.97. The van der Waals surface area contributed by atoms with Crippen LogP contribution in [0.1, 0.15) is 17.4 Å². The first kappa shape index (κ1) is 17.7. The minimum atomic E-state index is -3.75. The number of hydrogen-bond acceptors (Lipinski definition) is 6. The topological polar surface area (TPSA) is 69.2 Å². The highest BCUT2D eigenvalue weighted by Gasteiger charge is 2.19. The van der Waals surface area contributed by atoms with E-state index in [-0.39, 0.29) is 11.5 Å². The third kappa shape index (κ3) is 3.63. The summed E-state index contributed by atoms with van der Waals surface area (Å²) in [5.41, 5.74) is 3.48. The molecule has 0 radical (unpaired) electrons. The van der Waals surface area contributed by atoms with Crippen molar-refractivity contribution >= 4 is 21.5 Å². The fourth-order valence-electron chi connectivity index (χ4n) is 2.49. The standard InChI is InChI=1S/C18H18N2O3S2/c1-4-23-25(21,22)15-8-7-12(2)16(10-15)17-13(3)24-18(20-17)14-6-5-9-19-11-14/h5-11H,4H2,1-3H3. The molecule has 0 saturated heterocycles. The Bertz CT molecular complexity index is 996. The Morgan fingerprint density at radius 3 is 2.68 bits per heavy atom. The van der Waals surface area contributed by atoms with Crippen LogP contribution >= 0.6 is 11.3 Å². The summed E-state index contributed by atoms with van der Waals surface area (Å²) in [5.74, 6) is 0. The van der Waals surface area contributed by atoms with Crippen molar-refractivity contribution in [3.8, 4) is 21.8 Å². The number of thiazole rings is 1. The third-order valence-corrected chi connectivity index (χ3v) is 6.13. The van der Waals surface area contributed by atoms with Crippen molar-refractivity contribution in [3.05, 3.63) is 53.2 Å².